The molecular weight excluding hydrogens is 328 g/mol. The van der Waals surface area contributed by atoms with Crippen molar-refractivity contribution in [2.24, 2.45) is 5.92 Å². The first-order chi connectivity index (χ1) is 11.4. The van der Waals surface area contributed by atoms with Crippen molar-refractivity contribution < 1.29 is 17.9 Å². The molecule has 6 nitrogen and oxygen atoms in total. The predicted octanol–water partition coefficient (Wildman–Crippen LogP) is 1.87. The van der Waals surface area contributed by atoms with E-state index in [1.165, 1.54) is 10.4 Å². The Labute approximate surface area is 144 Å². The number of benzene rings is 1. The van der Waals surface area contributed by atoms with E-state index in [0.29, 0.717) is 44.1 Å². The summed E-state index contributed by atoms with van der Waals surface area (Å²) in [7, 11) is -1.93. The highest BCUT2D eigenvalue weighted by Gasteiger charge is 2.28. The van der Waals surface area contributed by atoms with Crippen LogP contribution in [0.15, 0.2) is 29.2 Å². The average Bonchev–Trinajstić information content (AvgIpc) is 2.59. The van der Waals surface area contributed by atoms with Gasteiger partial charge in [-0.3, -0.25) is 4.79 Å². The van der Waals surface area contributed by atoms with E-state index in [1.807, 2.05) is 0 Å². The fraction of sp³-hybridized carbons (Fsp3) is 0.588. The van der Waals surface area contributed by atoms with Crippen molar-refractivity contribution in [2.75, 3.05) is 33.4 Å². The summed E-state index contributed by atoms with van der Waals surface area (Å²) in [5.41, 5.74) is 0.360. The molecule has 0 spiro atoms. The molecule has 2 rings (SSSR count). The molecule has 1 aliphatic heterocycles. The van der Waals surface area contributed by atoms with Crippen LogP contribution in [0.4, 0.5) is 0 Å². The lowest BCUT2D eigenvalue weighted by Crippen LogP contribution is -2.38. The highest BCUT2D eigenvalue weighted by molar-refractivity contribution is 7.89. The monoisotopic (exact) mass is 354 g/mol. The molecule has 134 valence electrons. The maximum atomic E-state index is 12.7. The summed E-state index contributed by atoms with van der Waals surface area (Å²) in [4.78, 5) is 12.3. The quantitative estimate of drug-likeness (QED) is 0.759. The third-order valence-electron chi connectivity index (χ3n) is 4.29. The number of hydrogen-bond donors (Lipinski definition) is 1. The number of piperidine rings is 1. The van der Waals surface area contributed by atoms with Crippen molar-refractivity contribution in [3.05, 3.63) is 29.8 Å². The molecule has 0 atom stereocenters. The van der Waals surface area contributed by atoms with Gasteiger partial charge < -0.3 is 10.1 Å². The number of carbonyl (C=O) groups excluding carboxylic acids is 1. The highest BCUT2D eigenvalue weighted by Crippen LogP contribution is 2.23. The van der Waals surface area contributed by atoms with Crippen LogP contribution in [0.5, 0.6) is 0 Å². The maximum absolute atomic E-state index is 12.7. The smallest absolute Gasteiger partial charge is 0.251 e. The van der Waals surface area contributed by atoms with Crippen LogP contribution in [0.2, 0.25) is 0 Å². The van der Waals surface area contributed by atoms with Gasteiger partial charge in [0.2, 0.25) is 10.0 Å². The molecule has 1 heterocycles. The number of sulfonamides is 1. The minimum Gasteiger partial charge on any atom is -0.385 e. The Bertz CT molecular complexity index is 652. The van der Waals surface area contributed by atoms with Crippen LogP contribution in [-0.4, -0.2) is 52.0 Å². The molecule has 1 aliphatic rings. The van der Waals surface area contributed by atoms with Gasteiger partial charge in [0.05, 0.1) is 4.90 Å². The molecule has 0 bridgehead atoms. The molecule has 0 saturated carbocycles. The summed E-state index contributed by atoms with van der Waals surface area (Å²) in [6, 6.07) is 6.25. The van der Waals surface area contributed by atoms with Crippen molar-refractivity contribution in [3.63, 3.8) is 0 Å². The molecule has 1 saturated heterocycles. The molecule has 1 aromatic rings. The summed E-state index contributed by atoms with van der Waals surface area (Å²) in [5.74, 6) is 0.288. The number of carbonyl (C=O) groups is 1. The van der Waals surface area contributed by atoms with Crippen LogP contribution in [0.25, 0.3) is 0 Å². The van der Waals surface area contributed by atoms with E-state index >= 15 is 0 Å². The fourth-order valence-corrected chi connectivity index (χ4v) is 4.21. The number of nitrogens with zero attached hydrogens (tertiary/aromatic N) is 1. The Morgan fingerprint density at radius 3 is 2.71 bits per heavy atom. The summed E-state index contributed by atoms with van der Waals surface area (Å²) >= 11 is 0. The molecule has 0 aromatic heterocycles. The van der Waals surface area contributed by atoms with E-state index in [1.54, 1.807) is 25.3 Å². The second kappa shape index (κ2) is 8.60. The summed E-state index contributed by atoms with van der Waals surface area (Å²) in [6.07, 6.45) is 2.46. The molecule has 24 heavy (non-hydrogen) atoms. The van der Waals surface area contributed by atoms with E-state index in [0.717, 1.165) is 12.8 Å². The van der Waals surface area contributed by atoms with E-state index in [-0.39, 0.29) is 10.8 Å². The minimum absolute atomic E-state index is 0.182. The molecule has 1 amide bonds. The van der Waals surface area contributed by atoms with Crippen LogP contribution in [-0.2, 0) is 14.8 Å². The maximum Gasteiger partial charge on any atom is 0.251 e. The Morgan fingerprint density at radius 2 is 2.04 bits per heavy atom. The standard InChI is InChI=1S/C17H26N2O4S/c1-14-7-10-19(11-8-14)24(21,22)16-6-3-5-15(13-16)17(20)18-9-4-12-23-2/h3,5-6,13-14H,4,7-12H2,1-2H3,(H,18,20). The number of hydrogen-bond acceptors (Lipinski definition) is 4. The number of amides is 1. The molecule has 1 fully saturated rings. The largest absolute Gasteiger partial charge is 0.385 e. The molecule has 0 radical (unpaired) electrons. The van der Waals surface area contributed by atoms with Crippen LogP contribution >= 0.6 is 0 Å². The van der Waals surface area contributed by atoms with Gasteiger partial charge in [0.1, 0.15) is 0 Å². The van der Waals surface area contributed by atoms with Gasteiger partial charge in [0.25, 0.3) is 5.91 Å². The minimum atomic E-state index is -3.54. The van der Waals surface area contributed by atoms with Crippen molar-refractivity contribution >= 4 is 15.9 Å². The van der Waals surface area contributed by atoms with Gasteiger partial charge in [0.15, 0.2) is 0 Å². The number of nitrogens with one attached hydrogen (secondary N) is 1. The average molecular weight is 354 g/mol. The fourth-order valence-electron chi connectivity index (χ4n) is 2.69. The highest BCUT2D eigenvalue weighted by atomic mass is 32.2. The van der Waals surface area contributed by atoms with Gasteiger partial charge in [0, 0.05) is 38.9 Å². The summed E-state index contributed by atoms with van der Waals surface area (Å²) < 4.78 is 31.9. The summed E-state index contributed by atoms with van der Waals surface area (Å²) in [6.45, 7) is 4.28. The van der Waals surface area contributed by atoms with Crippen molar-refractivity contribution in [3.8, 4) is 0 Å². The number of rotatable bonds is 7. The zero-order chi connectivity index (χ0) is 17.6. The van der Waals surface area contributed by atoms with E-state index in [4.69, 9.17) is 4.74 Å². The van der Waals surface area contributed by atoms with Crippen LogP contribution in [0, 0.1) is 5.92 Å². The van der Waals surface area contributed by atoms with E-state index < -0.39 is 10.0 Å². The van der Waals surface area contributed by atoms with Gasteiger partial charge in [-0.05, 0) is 43.4 Å². The molecule has 1 N–H and O–H groups in total. The lowest BCUT2D eigenvalue weighted by molar-refractivity contribution is 0.0948. The van der Waals surface area contributed by atoms with Gasteiger partial charge >= 0.3 is 0 Å². The van der Waals surface area contributed by atoms with Crippen molar-refractivity contribution in [1.82, 2.24) is 9.62 Å². The second-order valence-corrected chi connectivity index (χ2v) is 8.15. The zero-order valence-electron chi connectivity index (χ0n) is 14.3. The SMILES string of the molecule is COCCCNC(=O)c1cccc(S(=O)(=O)N2CCC(C)CC2)c1. The number of methoxy groups -OCH3 is 1. The topological polar surface area (TPSA) is 75.7 Å². The molecule has 0 aliphatic carbocycles. The van der Waals surface area contributed by atoms with Crippen molar-refractivity contribution in [1.29, 1.82) is 0 Å². The van der Waals surface area contributed by atoms with Gasteiger partial charge in [-0.2, -0.15) is 4.31 Å². The van der Waals surface area contributed by atoms with E-state index in [2.05, 4.69) is 12.2 Å². The first-order valence-corrected chi connectivity index (χ1v) is 9.76. The van der Waals surface area contributed by atoms with Crippen LogP contribution in [0.3, 0.4) is 0 Å². The van der Waals surface area contributed by atoms with Gasteiger partial charge in [-0.15, -0.1) is 0 Å². The van der Waals surface area contributed by atoms with Gasteiger partial charge in [-0.25, -0.2) is 8.42 Å². The Morgan fingerprint density at radius 1 is 1.33 bits per heavy atom. The van der Waals surface area contributed by atoms with Crippen LogP contribution in [0.1, 0.15) is 36.5 Å². The lowest BCUT2D eigenvalue weighted by atomic mass is 10.0. The van der Waals surface area contributed by atoms with Crippen molar-refractivity contribution in [2.45, 2.75) is 31.1 Å². The van der Waals surface area contributed by atoms with E-state index in [9.17, 15) is 13.2 Å². The lowest BCUT2D eigenvalue weighted by Gasteiger charge is -2.29. The Hall–Kier alpha value is -1.44. The Balaban J connectivity index is 2.07. The first-order valence-electron chi connectivity index (χ1n) is 8.32. The first kappa shape index (κ1) is 18.9. The zero-order valence-corrected chi connectivity index (χ0v) is 15.1. The second-order valence-electron chi connectivity index (χ2n) is 6.22. The predicted molar refractivity (Wildman–Crippen MR) is 92.4 cm³/mol. The normalized spacial score (nSPS) is 16.9. The molecule has 1 aromatic carbocycles. The third kappa shape index (κ3) is 4.78. The third-order valence-corrected chi connectivity index (χ3v) is 6.18. The van der Waals surface area contributed by atoms with Gasteiger partial charge in [-0.1, -0.05) is 13.0 Å². The number of ether oxygens (including phenoxy) is 1. The van der Waals surface area contributed by atoms with Crippen LogP contribution < -0.4 is 5.32 Å². The molecular formula is C17H26N2O4S. The molecule has 7 heteroatoms. The summed E-state index contributed by atoms with van der Waals surface area (Å²) in [5, 5.41) is 2.77. The molecule has 0 unspecified atom stereocenters. The Kier molecular flexibility index (Phi) is 6.77.